The molecule has 0 radical (unpaired) electrons. The fourth-order valence-electron chi connectivity index (χ4n) is 4.04. The number of hydrogen-bond donors (Lipinski definition) is 3. The Morgan fingerprint density at radius 3 is 0.978 bits per heavy atom. The fraction of sp³-hybridized carbons (Fsp3) is 0.167. The van der Waals surface area contributed by atoms with E-state index in [-0.39, 0.29) is 17.7 Å². The van der Waals surface area contributed by atoms with Crippen LogP contribution in [-0.4, -0.2) is 61.9 Å². The maximum atomic E-state index is 12.7. The molecule has 3 aromatic rings. The van der Waals surface area contributed by atoms with Gasteiger partial charge in [-0.15, -0.1) is 0 Å². The molecule has 0 saturated heterocycles. The first kappa shape index (κ1) is 33.7. The summed E-state index contributed by atoms with van der Waals surface area (Å²) in [6.07, 6.45) is 0. The summed E-state index contributed by atoms with van der Waals surface area (Å²) in [4.78, 5) is 40.0. The summed E-state index contributed by atoms with van der Waals surface area (Å²) in [6.45, 7) is 2.28. The molecule has 0 aliphatic heterocycles. The lowest BCUT2D eigenvalue weighted by Crippen LogP contribution is -2.43. The Morgan fingerprint density at radius 1 is 0.478 bits per heavy atom. The van der Waals surface area contributed by atoms with E-state index in [1.54, 1.807) is 91.0 Å². The first-order valence-electron chi connectivity index (χ1n) is 14.0. The Labute approximate surface area is 267 Å². The van der Waals surface area contributed by atoms with Gasteiger partial charge in [-0.3, -0.25) is 19.3 Å². The standard InChI is InChI=1S/C36H27N7O3/c37-19-1-4-28-7-13-31(14-8-28)34(44)40-22-25-43(26-23-41-35(45)32-15-9-29(10-16-32)5-2-20-38)27-24-42-36(46)33-17-11-30(12-18-33)6-3-21-39/h7-18H,22-27H2,(H,40,44)(H,41,45)(H,42,46). The van der Waals surface area contributed by atoms with Crippen molar-refractivity contribution in [2.45, 2.75) is 0 Å². The van der Waals surface area contributed by atoms with Gasteiger partial charge in [0.2, 0.25) is 0 Å². The summed E-state index contributed by atoms with van der Waals surface area (Å²) in [5.41, 5.74) is 3.22. The third-order valence-electron chi connectivity index (χ3n) is 6.37. The second kappa shape index (κ2) is 18.7. The Kier molecular flexibility index (Phi) is 13.7. The van der Waals surface area contributed by atoms with E-state index in [1.807, 2.05) is 4.90 Å². The minimum atomic E-state index is -0.271. The van der Waals surface area contributed by atoms with Crippen molar-refractivity contribution in [3.63, 3.8) is 0 Å². The van der Waals surface area contributed by atoms with Gasteiger partial charge in [0.25, 0.3) is 17.7 Å². The van der Waals surface area contributed by atoms with Crippen molar-refractivity contribution in [2.75, 3.05) is 39.3 Å². The van der Waals surface area contributed by atoms with Crippen LogP contribution >= 0.6 is 0 Å². The molecule has 0 aliphatic rings. The van der Waals surface area contributed by atoms with Crippen molar-refractivity contribution >= 4 is 17.7 Å². The molecule has 3 amide bonds. The molecule has 0 bridgehead atoms. The number of nitrogens with one attached hydrogen (secondary N) is 3. The molecule has 3 aromatic carbocycles. The molecule has 0 fully saturated rings. The zero-order chi connectivity index (χ0) is 33.0. The van der Waals surface area contributed by atoms with Gasteiger partial charge in [0.05, 0.1) is 0 Å². The molecule has 0 aromatic heterocycles. The first-order chi connectivity index (χ1) is 22.4. The zero-order valence-electron chi connectivity index (χ0n) is 24.7. The molecule has 3 rings (SSSR count). The quantitative estimate of drug-likeness (QED) is 0.267. The minimum Gasteiger partial charge on any atom is -0.351 e. The highest BCUT2D eigenvalue weighted by Gasteiger charge is 2.11. The van der Waals surface area contributed by atoms with Gasteiger partial charge in [-0.2, -0.15) is 15.8 Å². The Morgan fingerprint density at radius 2 is 0.739 bits per heavy atom. The number of hydrogen-bond acceptors (Lipinski definition) is 7. The minimum absolute atomic E-state index is 0.271. The van der Waals surface area contributed by atoms with Gasteiger partial charge in [-0.05, 0) is 72.8 Å². The average molecular weight is 606 g/mol. The molecule has 0 saturated carbocycles. The van der Waals surface area contributed by atoms with Gasteiger partial charge in [-0.1, -0.05) is 17.8 Å². The maximum absolute atomic E-state index is 12.7. The number of carbonyl (C=O) groups is 3. The van der Waals surface area contributed by atoms with Crippen molar-refractivity contribution in [1.29, 1.82) is 15.8 Å². The van der Waals surface area contributed by atoms with E-state index in [1.165, 1.54) is 0 Å². The second-order valence-electron chi connectivity index (χ2n) is 9.43. The van der Waals surface area contributed by atoms with Crippen LogP contribution in [0.1, 0.15) is 47.8 Å². The van der Waals surface area contributed by atoms with E-state index in [0.717, 1.165) is 0 Å². The summed E-state index contributed by atoms with van der Waals surface area (Å²) in [6, 6.07) is 25.0. The van der Waals surface area contributed by atoms with Gasteiger partial charge >= 0.3 is 0 Å². The lowest BCUT2D eigenvalue weighted by Gasteiger charge is -2.23. The van der Waals surface area contributed by atoms with E-state index in [0.29, 0.717) is 72.6 Å². The molecule has 0 spiro atoms. The highest BCUT2D eigenvalue weighted by Crippen LogP contribution is 2.05. The molecule has 3 N–H and O–H groups in total. The van der Waals surface area contributed by atoms with Gasteiger partial charge in [0, 0.05) is 90.4 Å². The van der Waals surface area contributed by atoms with E-state index in [2.05, 4.69) is 51.5 Å². The van der Waals surface area contributed by atoms with E-state index in [4.69, 9.17) is 15.8 Å². The monoisotopic (exact) mass is 605 g/mol. The topological polar surface area (TPSA) is 162 Å². The van der Waals surface area contributed by atoms with Crippen LogP contribution in [0.25, 0.3) is 0 Å². The molecule has 10 nitrogen and oxygen atoms in total. The predicted octanol–water partition coefficient (Wildman–Crippen LogP) is 2.20. The molecular weight excluding hydrogens is 578 g/mol. The van der Waals surface area contributed by atoms with Crippen LogP contribution in [0.15, 0.2) is 72.8 Å². The third kappa shape index (κ3) is 11.5. The normalized spacial score (nSPS) is 9.26. The molecule has 46 heavy (non-hydrogen) atoms. The molecule has 0 heterocycles. The predicted molar refractivity (Wildman–Crippen MR) is 170 cm³/mol. The molecule has 0 atom stereocenters. The summed E-state index contributed by atoms with van der Waals surface area (Å²) >= 11 is 0. The summed E-state index contributed by atoms with van der Waals surface area (Å²) < 4.78 is 0. The van der Waals surface area contributed by atoms with Crippen molar-refractivity contribution < 1.29 is 14.4 Å². The zero-order valence-corrected chi connectivity index (χ0v) is 24.7. The largest absolute Gasteiger partial charge is 0.351 e. The summed E-state index contributed by atoms with van der Waals surface area (Å²) in [7, 11) is 0. The number of amides is 3. The molecular formula is C36H27N7O3. The summed E-state index contributed by atoms with van der Waals surface area (Å²) in [5.74, 6) is 14.1. The SMILES string of the molecule is N#CC#Cc1ccc(C(=O)NCCN(CCNC(=O)c2ccc(C#CC#N)cc2)CCNC(=O)c2ccc(C#CC#N)cc2)cc1. The highest BCUT2D eigenvalue weighted by atomic mass is 16.2. The Hall–Kier alpha value is -6.82. The summed E-state index contributed by atoms with van der Waals surface area (Å²) in [5, 5.41) is 34.4. The van der Waals surface area contributed by atoms with Crippen LogP contribution in [0, 0.1) is 69.5 Å². The van der Waals surface area contributed by atoms with Crippen LogP contribution in [-0.2, 0) is 0 Å². The van der Waals surface area contributed by atoms with Gasteiger partial charge in [0.15, 0.2) is 18.2 Å². The smallest absolute Gasteiger partial charge is 0.251 e. The lowest BCUT2D eigenvalue weighted by molar-refractivity contribution is 0.0948. The van der Waals surface area contributed by atoms with Crippen LogP contribution < -0.4 is 16.0 Å². The van der Waals surface area contributed by atoms with Crippen LogP contribution in [0.3, 0.4) is 0 Å². The number of nitrogens with zero attached hydrogens (tertiary/aromatic N) is 4. The first-order valence-corrected chi connectivity index (χ1v) is 14.0. The van der Waals surface area contributed by atoms with Crippen molar-refractivity contribution in [1.82, 2.24) is 20.9 Å². The fourth-order valence-corrected chi connectivity index (χ4v) is 4.04. The van der Waals surface area contributed by atoms with Gasteiger partial charge in [-0.25, -0.2) is 0 Å². The van der Waals surface area contributed by atoms with Crippen LogP contribution in [0.2, 0.25) is 0 Å². The Balaban J connectivity index is 1.56. The van der Waals surface area contributed by atoms with Crippen LogP contribution in [0.5, 0.6) is 0 Å². The second-order valence-corrected chi connectivity index (χ2v) is 9.43. The van der Waals surface area contributed by atoms with Crippen molar-refractivity contribution in [3.8, 4) is 53.7 Å². The van der Waals surface area contributed by atoms with E-state index >= 15 is 0 Å². The Bertz CT molecular complexity index is 1640. The van der Waals surface area contributed by atoms with Crippen LogP contribution in [0.4, 0.5) is 0 Å². The lowest BCUT2D eigenvalue weighted by atomic mass is 10.1. The molecule has 10 heteroatoms. The van der Waals surface area contributed by atoms with Gasteiger partial charge < -0.3 is 16.0 Å². The molecule has 0 unspecified atom stereocenters. The molecule has 0 aliphatic carbocycles. The van der Waals surface area contributed by atoms with Crippen molar-refractivity contribution in [3.05, 3.63) is 106 Å². The highest BCUT2D eigenvalue weighted by molar-refractivity contribution is 5.95. The molecule has 224 valence electrons. The number of benzene rings is 3. The maximum Gasteiger partial charge on any atom is 0.251 e. The number of nitriles is 3. The van der Waals surface area contributed by atoms with E-state index in [9.17, 15) is 14.4 Å². The number of rotatable bonds is 12. The van der Waals surface area contributed by atoms with E-state index < -0.39 is 0 Å². The van der Waals surface area contributed by atoms with Crippen molar-refractivity contribution in [2.24, 2.45) is 0 Å². The average Bonchev–Trinajstić information content (AvgIpc) is 3.09. The number of carbonyl (C=O) groups excluding carboxylic acids is 3. The third-order valence-corrected chi connectivity index (χ3v) is 6.37. The van der Waals surface area contributed by atoms with Gasteiger partial charge in [0.1, 0.15) is 0 Å².